The van der Waals surface area contributed by atoms with Crippen molar-refractivity contribution in [1.82, 2.24) is 20.3 Å². The van der Waals surface area contributed by atoms with Crippen LogP contribution >= 0.6 is 27.3 Å². The third-order valence-corrected chi connectivity index (χ3v) is 4.72. The topological polar surface area (TPSA) is 93.9 Å². The number of thiophene rings is 1. The van der Waals surface area contributed by atoms with E-state index in [-0.39, 0.29) is 18.2 Å². The molecule has 0 atom stereocenters. The van der Waals surface area contributed by atoms with Gasteiger partial charge in [0.2, 0.25) is 5.82 Å². The van der Waals surface area contributed by atoms with Crippen LogP contribution in [-0.2, 0) is 11.3 Å². The van der Waals surface area contributed by atoms with E-state index >= 15 is 0 Å². The zero-order valence-electron chi connectivity index (χ0n) is 13.2. The minimum atomic E-state index is -0.545. The van der Waals surface area contributed by atoms with Crippen molar-refractivity contribution < 1.29 is 14.1 Å². The lowest BCUT2D eigenvalue weighted by Gasteiger charge is -1.98. The van der Waals surface area contributed by atoms with Crippen molar-refractivity contribution >= 4 is 33.2 Å². The number of hydrogen-bond donors (Lipinski definition) is 1. The molecule has 0 saturated heterocycles. The molecule has 0 aliphatic rings. The summed E-state index contributed by atoms with van der Waals surface area (Å²) in [6, 6.07) is 11.1. The van der Waals surface area contributed by atoms with Gasteiger partial charge in [-0.2, -0.15) is 21.4 Å². The molecule has 1 N–H and O–H groups in total. The van der Waals surface area contributed by atoms with Gasteiger partial charge in [-0.05, 0) is 29.6 Å². The van der Waals surface area contributed by atoms with Gasteiger partial charge in [0, 0.05) is 21.0 Å². The Morgan fingerprint density at radius 2 is 2.08 bits per heavy atom. The van der Waals surface area contributed by atoms with Crippen LogP contribution < -0.4 is 0 Å². The van der Waals surface area contributed by atoms with Gasteiger partial charge in [-0.25, -0.2) is 4.79 Å². The van der Waals surface area contributed by atoms with E-state index in [1.165, 1.54) is 11.3 Å². The summed E-state index contributed by atoms with van der Waals surface area (Å²) in [7, 11) is 0. The number of H-pyrrole nitrogens is 1. The number of esters is 1. The lowest BCUT2D eigenvalue weighted by molar-refractivity contribution is 0.0423. The Kier molecular flexibility index (Phi) is 4.63. The Morgan fingerprint density at radius 3 is 2.85 bits per heavy atom. The van der Waals surface area contributed by atoms with Gasteiger partial charge in [-0.1, -0.05) is 33.2 Å². The number of benzene rings is 1. The lowest BCUT2D eigenvalue weighted by atomic mass is 10.1. The maximum atomic E-state index is 12.2. The van der Waals surface area contributed by atoms with Crippen molar-refractivity contribution in [2.24, 2.45) is 0 Å². The molecule has 0 unspecified atom stereocenters. The van der Waals surface area contributed by atoms with Crippen LogP contribution in [0, 0.1) is 0 Å². The summed E-state index contributed by atoms with van der Waals surface area (Å²) in [6.07, 6.45) is 0. The van der Waals surface area contributed by atoms with Crippen LogP contribution in [0.15, 0.2) is 56.2 Å². The summed E-state index contributed by atoms with van der Waals surface area (Å²) < 4.78 is 11.3. The number of carbonyl (C=O) groups is 1. The van der Waals surface area contributed by atoms with Gasteiger partial charge >= 0.3 is 5.97 Å². The second-order valence-electron chi connectivity index (χ2n) is 5.27. The van der Waals surface area contributed by atoms with Crippen LogP contribution in [0.2, 0.25) is 0 Å². The van der Waals surface area contributed by atoms with Gasteiger partial charge in [-0.3, -0.25) is 5.10 Å². The molecule has 0 saturated carbocycles. The van der Waals surface area contributed by atoms with E-state index in [2.05, 4.69) is 36.3 Å². The van der Waals surface area contributed by atoms with Crippen LogP contribution in [0.3, 0.4) is 0 Å². The number of hydrogen-bond acceptors (Lipinski definition) is 7. The Balaban J connectivity index is 1.40. The maximum Gasteiger partial charge on any atom is 0.356 e. The Labute approximate surface area is 160 Å². The average Bonchev–Trinajstić information content (AvgIpc) is 3.41. The van der Waals surface area contributed by atoms with Crippen LogP contribution in [-0.4, -0.2) is 26.3 Å². The first-order valence-corrected chi connectivity index (χ1v) is 9.26. The molecule has 0 fully saturated rings. The molecule has 0 bridgehead atoms. The lowest BCUT2D eigenvalue weighted by Crippen LogP contribution is -2.05. The highest BCUT2D eigenvalue weighted by atomic mass is 79.9. The van der Waals surface area contributed by atoms with E-state index in [1.54, 1.807) is 6.07 Å². The molecule has 130 valence electrons. The van der Waals surface area contributed by atoms with Crippen molar-refractivity contribution in [1.29, 1.82) is 0 Å². The summed E-state index contributed by atoms with van der Waals surface area (Å²) in [4.78, 5) is 16.4. The highest BCUT2D eigenvalue weighted by molar-refractivity contribution is 9.10. The minimum Gasteiger partial charge on any atom is -0.451 e. The average molecular weight is 431 g/mol. The molecule has 1 aromatic carbocycles. The van der Waals surface area contributed by atoms with Gasteiger partial charge in [-0.15, -0.1) is 0 Å². The summed E-state index contributed by atoms with van der Waals surface area (Å²) in [6.45, 7) is -0.109. The second kappa shape index (κ2) is 7.22. The molecule has 4 rings (SSSR count). The highest BCUT2D eigenvalue weighted by Crippen LogP contribution is 2.21. The number of aromatic nitrogens is 4. The molecule has 4 aromatic rings. The van der Waals surface area contributed by atoms with E-state index in [9.17, 15) is 4.79 Å². The van der Waals surface area contributed by atoms with Crippen molar-refractivity contribution in [2.75, 3.05) is 0 Å². The molecular formula is C17H11BrN4O3S. The zero-order valence-corrected chi connectivity index (χ0v) is 15.6. The van der Waals surface area contributed by atoms with Gasteiger partial charge in [0.15, 0.2) is 6.61 Å². The molecule has 3 heterocycles. The fraction of sp³-hybridized carbons (Fsp3) is 0.0588. The molecule has 7 nitrogen and oxygen atoms in total. The number of carbonyl (C=O) groups excluding carboxylic acids is 1. The molecule has 9 heteroatoms. The van der Waals surface area contributed by atoms with Crippen molar-refractivity contribution in [3.05, 3.63) is 63.2 Å². The zero-order chi connectivity index (χ0) is 17.9. The first kappa shape index (κ1) is 16.7. The van der Waals surface area contributed by atoms with Crippen LogP contribution in [0.5, 0.6) is 0 Å². The highest BCUT2D eigenvalue weighted by Gasteiger charge is 2.15. The van der Waals surface area contributed by atoms with Crippen LogP contribution in [0.4, 0.5) is 0 Å². The van der Waals surface area contributed by atoms with Gasteiger partial charge in [0.1, 0.15) is 5.69 Å². The van der Waals surface area contributed by atoms with Gasteiger partial charge < -0.3 is 9.26 Å². The summed E-state index contributed by atoms with van der Waals surface area (Å²) >= 11 is 4.92. The molecule has 0 amide bonds. The van der Waals surface area contributed by atoms with Crippen LogP contribution in [0.1, 0.15) is 16.4 Å². The largest absolute Gasteiger partial charge is 0.451 e. The number of aromatic amines is 1. The summed E-state index contributed by atoms with van der Waals surface area (Å²) in [5.74, 6) is 0.153. The molecule has 0 aliphatic carbocycles. The monoisotopic (exact) mass is 430 g/mol. The van der Waals surface area contributed by atoms with Crippen molar-refractivity contribution in [2.45, 2.75) is 6.61 Å². The number of nitrogens with zero attached hydrogens (tertiary/aromatic N) is 3. The Hall–Kier alpha value is -2.78. The minimum absolute atomic E-state index is 0.109. The maximum absolute atomic E-state index is 12.2. The summed E-state index contributed by atoms with van der Waals surface area (Å²) in [5, 5.41) is 14.5. The van der Waals surface area contributed by atoms with Gasteiger partial charge in [0.25, 0.3) is 5.89 Å². The summed E-state index contributed by atoms with van der Waals surface area (Å²) in [5.41, 5.74) is 2.66. The standard InChI is InChI=1S/C17H11BrN4O3S/c18-12-3-1-10(2-4-12)13-7-14(21-20-13)17(23)24-8-15-19-16(22-25-15)11-5-6-26-9-11/h1-7,9H,8H2,(H,20,21). The fourth-order valence-electron chi connectivity index (χ4n) is 2.22. The quantitative estimate of drug-likeness (QED) is 0.474. The third-order valence-electron chi connectivity index (χ3n) is 3.51. The van der Waals surface area contributed by atoms with Crippen molar-refractivity contribution in [3.63, 3.8) is 0 Å². The molecule has 0 aliphatic heterocycles. The SMILES string of the molecule is O=C(OCc1nc(-c2ccsc2)no1)c1cc(-c2ccc(Br)cc2)n[nH]1. The van der Waals surface area contributed by atoms with Crippen LogP contribution in [0.25, 0.3) is 22.6 Å². The van der Waals surface area contributed by atoms with E-state index < -0.39 is 5.97 Å². The van der Waals surface area contributed by atoms with Gasteiger partial charge in [0.05, 0.1) is 5.69 Å². The third kappa shape index (κ3) is 3.58. The van der Waals surface area contributed by atoms with E-state index in [0.29, 0.717) is 11.5 Å². The first-order chi connectivity index (χ1) is 12.7. The molecule has 0 radical (unpaired) electrons. The van der Waals surface area contributed by atoms with E-state index in [0.717, 1.165) is 15.6 Å². The molecular weight excluding hydrogens is 420 g/mol. The van der Waals surface area contributed by atoms with E-state index in [4.69, 9.17) is 9.26 Å². The molecule has 3 aromatic heterocycles. The number of nitrogens with one attached hydrogen (secondary N) is 1. The fourth-order valence-corrected chi connectivity index (χ4v) is 3.12. The Morgan fingerprint density at radius 1 is 1.23 bits per heavy atom. The number of rotatable bonds is 5. The number of ether oxygens (including phenoxy) is 1. The predicted molar refractivity (Wildman–Crippen MR) is 98.5 cm³/mol. The van der Waals surface area contributed by atoms with E-state index in [1.807, 2.05) is 41.1 Å². The molecule has 26 heavy (non-hydrogen) atoms. The second-order valence-corrected chi connectivity index (χ2v) is 6.97. The normalized spacial score (nSPS) is 10.8. The predicted octanol–water partition coefficient (Wildman–Crippen LogP) is 4.31. The first-order valence-electron chi connectivity index (χ1n) is 7.52. The number of halogens is 1. The van der Waals surface area contributed by atoms with Crippen molar-refractivity contribution in [3.8, 4) is 22.6 Å². The smallest absolute Gasteiger partial charge is 0.356 e. The Bertz CT molecular complexity index is 1020. The molecule has 0 spiro atoms.